The minimum Gasteiger partial charge on any atom is -0.378 e. The predicted molar refractivity (Wildman–Crippen MR) is 73.9 cm³/mol. The van der Waals surface area contributed by atoms with E-state index in [-0.39, 0.29) is 17.2 Å². The lowest BCUT2D eigenvalue weighted by atomic mass is 10.1. The van der Waals surface area contributed by atoms with Crippen LogP contribution in [0.25, 0.3) is 0 Å². The third kappa shape index (κ3) is 9.44. The van der Waals surface area contributed by atoms with E-state index in [0.717, 1.165) is 12.8 Å². The molecule has 1 atom stereocenters. The number of carbonyl (C=O) groups excluding carboxylic acids is 1. The SMILES string of the molecule is CC(=O)NC[C@](O)(CCCCN)SC(C)(C)C. The third-order valence-electron chi connectivity index (χ3n) is 2.13. The quantitative estimate of drug-likeness (QED) is 0.480. The number of hydrogen-bond acceptors (Lipinski definition) is 4. The van der Waals surface area contributed by atoms with Crippen LogP contribution in [0.3, 0.4) is 0 Å². The van der Waals surface area contributed by atoms with Crippen molar-refractivity contribution < 1.29 is 9.90 Å². The highest BCUT2D eigenvalue weighted by atomic mass is 32.2. The number of rotatable bonds is 7. The van der Waals surface area contributed by atoms with Crippen molar-refractivity contribution in [2.75, 3.05) is 13.1 Å². The van der Waals surface area contributed by atoms with E-state index in [1.54, 1.807) is 0 Å². The number of nitrogens with one attached hydrogen (secondary N) is 1. The Morgan fingerprint density at radius 1 is 1.35 bits per heavy atom. The van der Waals surface area contributed by atoms with E-state index in [1.165, 1.54) is 18.7 Å². The maximum Gasteiger partial charge on any atom is 0.217 e. The standard InChI is InChI=1S/C12H26N2O2S/c1-10(15)14-9-12(16,7-5-6-8-13)17-11(2,3)4/h16H,5-9,13H2,1-4H3,(H,14,15)/t12-/m0/s1. The minimum absolute atomic E-state index is 0.0457. The maximum atomic E-state index is 10.9. The van der Waals surface area contributed by atoms with E-state index in [9.17, 15) is 9.90 Å². The molecule has 0 fully saturated rings. The lowest BCUT2D eigenvalue weighted by Crippen LogP contribution is -2.42. The van der Waals surface area contributed by atoms with Crippen LogP contribution in [0.2, 0.25) is 0 Å². The molecule has 0 spiro atoms. The van der Waals surface area contributed by atoms with Gasteiger partial charge in [-0.15, -0.1) is 11.8 Å². The second-order valence-electron chi connectivity index (χ2n) is 5.32. The highest BCUT2D eigenvalue weighted by molar-refractivity contribution is 8.01. The van der Waals surface area contributed by atoms with Crippen molar-refractivity contribution in [2.45, 2.75) is 56.6 Å². The number of hydrogen-bond donors (Lipinski definition) is 3. The number of unbranched alkanes of at least 4 members (excludes halogenated alkanes) is 1. The molecule has 0 radical (unpaired) electrons. The molecule has 17 heavy (non-hydrogen) atoms. The Bertz CT molecular complexity index is 241. The van der Waals surface area contributed by atoms with Gasteiger partial charge in [-0.2, -0.15) is 0 Å². The van der Waals surface area contributed by atoms with Gasteiger partial charge in [0.1, 0.15) is 4.93 Å². The van der Waals surface area contributed by atoms with Crippen LogP contribution in [0, 0.1) is 0 Å². The molecule has 0 saturated heterocycles. The molecule has 4 nitrogen and oxygen atoms in total. The number of thioether (sulfide) groups is 1. The normalized spacial score (nSPS) is 15.4. The number of nitrogens with two attached hydrogens (primary N) is 1. The smallest absolute Gasteiger partial charge is 0.217 e. The molecule has 0 aliphatic carbocycles. The van der Waals surface area contributed by atoms with Crippen LogP contribution < -0.4 is 11.1 Å². The Morgan fingerprint density at radius 2 is 1.94 bits per heavy atom. The van der Waals surface area contributed by atoms with Crippen LogP contribution in [0.1, 0.15) is 47.0 Å². The first-order valence-electron chi connectivity index (χ1n) is 6.05. The highest BCUT2D eigenvalue weighted by Crippen LogP contribution is 2.37. The minimum atomic E-state index is -0.904. The van der Waals surface area contributed by atoms with E-state index < -0.39 is 4.93 Å². The number of amides is 1. The van der Waals surface area contributed by atoms with Gasteiger partial charge in [-0.25, -0.2) is 0 Å². The summed E-state index contributed by atoms with van der Waals surface area (Å²) in [5.74, 6) is -0.114. The van der Waals surface area contributed by atoms with Gasteiger partial charge in [0.15, 0.2) is 0 Å². The van der Waals surface area contributed by atoms with Crippen LogP contribution in [0.4, 0.5) is 0 Å². The zero-order chi connectivity index (χ0) is 13.5. The van der Waals surface area contributed by atoms with E-state index in [1.807, 2.05) is 0 Å². The van der Waals surface area contributed by atoms with Gasteiger partial charge >= 0.3 is 0 Å². The Labute approximate surface area is 109 Å². The van der Waals surface area contributed by atoms with E-state index in [0.29, 0.717) is 13.0 Å². The first-order chi connectivity index (χ1) is 7.68. The van der Waals surface area contributed by atoms with Crippen LogP contribution in [-0.4, -0.2) is 33.8 Å². The average Bonchev–Trinajstić information content (AvgIpc) is 2.13. The van der Waals surface area contributed by atoms with E-state index in [4.69, 9.17) is 5.73 Å². The topological polar surface area (TPSA) is 75.3 Å². The van der Waals surface area contributed by atoms with Crippen molar-refractivity contribution >= 4 is 17.7 Å². The van der Waals surface area contributed by atoms with Crippen molar-refractivity contribution in [3.63, 3.8) is 0 Å². The van der Waals surface area contributed by atoms with Gasteiger partial charge in [0.25, 0.3) is 0 Å². The van der Waals surface area contributed by atoms with Crippen LogP contribution >= 0.6 is 11.8 Å². The second-order valence-corrected chi connectivity index (χ2v) is 7.50. The molecule has 5 heteroatoms. The number of aliphatic hydroxyl groups is 1. The van der Waals surface area contributed by atoms with Crippen LogP contribution in [-0.2, 0) is 4.79 Å². The molecular weight excluding hydrogens is 236 g/mol. The molecule has 0 heterocycles. The Morgan fingerprint density at radius 3 is 2.35 bits per heavy atom. The van der Waals surface area contributed by atoms with Gasteiger partial charge in [0, 0.05) is 11.7 Å². The van der Waals surface area contributed by atoms with E-state index >= 15 is 0 Å². The molecule has 0 bridgehead atoms. The summed E-state index contributed by atoms with van der Waals surface area (Å²) < 4.78 is -0.0457. The Kier molecular flexibility index (Phi) is 7.13. The van der Waals surface area contributed by atoms with Gasteiger partial charge < -0.3 is 16.2 Å². The Hall–Kier alpha value is -0.260. The zero-order valence-corrected chi connectivity index (χ0v) is 12.2. The summed E-state index contributed by atoms with van der Waals surface area (Å²) in [4.78, 5) is 10.0. The molecule has 0 unspecified atom stereocenters. The monoisotopic (exact) mass is 262 g/mol. The molecule has 0 aliphatic rings. The van der Waals surface area contributed by atoms with Crippen molar-refractivity contribution in [3.8, 4) is 0 Å². The Balaban J connectivity index is 4.39. The maximum absolute atomic E-state index is 10.9. The van der Waals surface area contributed by atoms with Crippen molar-refractivity contribution in [3.05, 3.63) is 0 Å². The molecule has 102 valence electrons. The molecule has 0 aromatic carbocycles. The second kappa shape index (κ2) is 7.24. The first-order valence-corrected chi connectivity index (χ1v) is 6.87. The summed E-state index contributed by atoms with van der Waals surface area (Å²) in [6, 6.07) is 0. The summed E-state index contributed by atoms with van der Waals surface area (Å²) in [6.07, 6.45) is 2.41. The van der Waals surface area contributed by atoms with Gasteiger partial charge in [0.05, 0.1) is 6.54 Å². The van der Waals surface area contributed by atoms with Gasteiger partial charge in [0.2, 0.25) is 5.91 Å². The summed E-state index contributed by atoms with van der Waals surface area (Å²) in [6.45, 7) is 8.55. The fourth-order valence-corrected chi connectivity index (χ4v) is 3.08. The summed E-state index contributed by atoms with van der Waals surface area (Å²) >= 11 is 1.50. The van der Waals surface area contributed by atoms with Gasteiger partial charge in [-0.1, -0.05) is 20.8 Å². The molecular formula is C12H26N2O2S. The van der Waals surface area contributed by atoms with Gasteiger partial charge in [-0.05, 0) is 25.8 Å². The first kappa shape index (κ1) is 16.7. The number of carbonyl (C=O) groups is 1. The summed E-state index contributed by atoms with van der Waals surface area (Å²) in [5, 5.41) is 13.2. The summed E-state index contributed by atoms with van der Waals surface area (Å²) in [7, 11) is 0. The van der Waals surface area contributed by atoms with Crippen molar-refractivity contribution in [1.29, 1.82) is 0 Å². The molecule has 0 saturated carbocycles. The largest absolute Gasteiger partial charge is 0.378 e. The molecule has 0 aromatic rings. The average molecular weight is 262 g/mol. The lowest BCUT2D eigenvalue weighted by Gasteiger charge is -2.34. The molecule has 0 rings (SSSR count). The fourth-order valence-electron chi connectivity index (χ4n) is 1.55. The van der Waals surface area contributed by atoms with Gasteiger partial charge in [-0.3, -0.25) is 4.79 Å². The lowest BCUT2D eigenvalue weighted by molar-refractivity contribution is -0.119. The zero-order valence-electron chi connectivity index (χ0n) is 11.4. The molecule has 1 amide bonds. The molecule has 0 aliphatic heterocycles. The predicted octanol–water partition coefficient (Wildman–Crippen LogP) is 1.47. The van der Waals surface area contributed by atoms with Crippen LogP contribution in [0.15, 0.2) is 0 Å². The third-order valence-corrected chi connectivity index (χ3v) is 3.47. The van der Waals surface area contributed by atoms with E-state index in [2.05, 4.69) is 26.1 Å². The van der Waals surface area contributed by atoms with Crippen LogP contribution in [0.5, 0.6) is 0 Å². The molecule has 0 aromatic heterocycles. The van der Waals surface area contributed by atoms with Crippen molar-refractivity contribution in [1.82, 2.24) is 5.32 Å². The summed E-state index contributed by atoms with van der Waals surface area (Å²) in [5.41, 5.74) is 5.45. The van der Waals surface area contributed by atoms with Crippen molar-refractivity contribution in [2.24, 2.45) is 5.73 Å². The highest BCUT2D eigenvalue weighted by Gasteiger charge is 2.32. The fraction of sp³-hybridized carbons (Fsp3) is 0.917. The molecule has 4 N–H and O–H groups in total.